The number of benzene rings is 1. The summed E-state index contributed by atoms with van der Waals surface area (Å²) in [6, 6.07) is 3.61. The molecule has 108 valence electrons. The van der Waals surface area contributed by atoms with E-state index in [2.05, 4.69) is 0 Å². The molecule has 1 aromatic rings. The molecule has 0 amide bonds. The summed E-state index contributed by atoms with van der Waals surface area (Å²) in [5.74, 6) is -0.429. The lowest BCUT2D eigenvalue weighted by Gasteiger charge is -2.30. The van der Waals surface area contributed by atoms with Crippen molar-refractivity contribution in [2.45, 2.75) is 30.7 Å². The van der Waals surface area contributed by atoms with Crippen molar-refractivity contribution in [3.63, 3.8) is 0 Å². The van der Waals surface area contributed by atoms with Crippen molar-refractivity contribution in [1.82, 2.24) is 4.31 Å². The van der Waals surface area contributed by atoms with Crippen molar-refractivity contribution in [2.24, 2.45) is 5.73 Å². The summed E-state index contributed by atoms with van der Waals surface area (Å²) in [6.45, 7) is 2.41. The molecule has 0 aromatic heterocycles. The fraction of sp³-hybridized carbons (Fsp3) is 0.500. The van der Waals surface area contributed by atoms with Crippen LogP contribution in [0.5, 0.6) is 0 Å². The quantitative estimate of drug-likeness (QED) is 0.904. The monoisotopic (exact) mass is 308 g/mol. The Kier molecular flexibility index (Phi) is 5.32. The molecule has 0 saturated carbocycles. The molecule has 1 aliphatic rings. The molecule has 1 saturated heterocycles. The van der Waals surface area contributed by atoms with E-state index in [0.717, 1.165) is 12.8 Å². The third-order valence-electron chi connectivity index (χ3n) is 3.18. The van der Waals surface area contributed by atoms with Crippen molar-refractivity contribution in [2.75, 3.05) is 13.1 Å². The minimum absolute atomic E-state index is 0. The Balaban J connectivity index is 0.00000180. The highest BCUT2D eigenvalue weighted by atomic mass is 35.5. The van der Waals surface area contributed by atoms with E-state index >= 15 is 0 Å². The van der Waals surface area contributed by atoms with Gasteiger partial charge in [0.05, 0.1) is 4.90 Å². The van der Waals surface area contributed by atoms with Gasteiger partial charge in [0.15, 0.2) is 0 Å². The molecule has 0 spiro atoms. The zero-order valence-electron chi connectivity index (χ0n) is 10.7. The lowest BCUT2D eigenvalue weighted by Crippen LogP contribution is -2.45. The number of rotatable bonds is 2. The normalized spacial score (nSPS) is 20.9. The van der Waals surface area contributed by atoms with Gasteiger partial charge in [-0.2, -0.15) is 4.31 Å². The highest BCUT2D eigenvalue weighted by molar-refractivity contribution is 7.89. The van der Waals surface area contributed by atoms with Gasteiger partial charge in [-0.25, -0.2) is 12.8 Å². The average molecular weight is 309 g/mol. The predicted molar refractivity (Wildman–Crippen MR) is 74.4 cm³/mol. The maximum absolute atomic E-state index is 13.0. The van der Waals surface area contributed by atoms with Gasteiger partial charge >= 0.3 is 0 Å². The number of piperidine rings is 1. The second kappa shape index (κ2) is 6.17. The lowest BCUT2D eigenvalue weighted by molar-refractivity contribution is 0.316. The molecule has 1 fully saturated rings. The van der Waals surface area contributed by atoms with Gasteiger partial charge in [0.1, 0.15) is 5.82 Å². The van der Waals surface area contributed by atoms with E-state index in [1.165, 1.54) is 22.5 Å². The Morgan fingerprint density at radius 1 is 1.42 bits per heavy atom. The first-order chi connectivity index (χ1) is 8.41. The molecule has 4 nitrogen and oxygen atoms in total. The molecule has 0 bridgehead atoms. The molecule has 2 rings (SSSR count). The van der Waals surface area contributed by atoms with Crippen LogP contribution in [0.3, 0.4) is 0 Å². The van der Waals surface area contributed by atoms with Crippen LogP contribution < -0.4 is 5.73 Å². The van der Waals surface area contributed by atoms with E-state index in [1.54, 1.807) is 6.92 Å². The minimum atomic E-state index is -3.56. The molecule has 7 heteroatoms. The van der Waals surface area contributed by atoms with Gasteiger partial charge in [0.25, 0.3) is 0 Å². The van der Waals surface area contributed by atoms with Crippen LogP contribution in [0.2, 0.25) is 0 Å². The van der Waals surface area contributed by atoms with Crippen LogP contribution in [0.25, 0.3) is 0 Å². The minimum Gasteiger partial charge on any atom is -0.327 e. The number of halogens is 2. The van der Waals surface area contributed by atoms with Gasteiger partial charge in [-0.15, -0.1) is 12.4 Å². The first-order valence-corrected chi connectivity index (χ1v) is 7.37. The number of hydrogen-bond acceptors (Lipinski definition) is 3. The summed E-state index contributed by atoms with van der Waals surface area (Å²) in [6.07, 6.45) is 1.61. The van der Waals surface area contributed by atoms with E-state index < -0.39 is 15.8 Å². The maximum Gasteiger partial charge on any atom is 0.243 e. The third kappa shape index (κ3) is 3.45. The molecule has 2 N–H and O–H groups in total. The van der Waals surface area contributed by atoms with Crippen LogP contribution in [0.15, 0.2) is 23.1 Å². The second-order valence-corrected chi connectivity index (χ2v) is 6.58. The SMILES string of the molecule is Cc1cc(F)ccc1S(=O)(=O)N1CCCC(N)C1.Cl. The predicted octanol–water partition coefficient (Wildman–Crippen LogP) is 1.67. The van der Waals surface area contributed by atoms with Crippen molar-refractivity contribution in [1.29, 1.82) is 0 Å². The average Bonchev–Trinajstić information content (AvgIpc) is 2.28. The molecule has 1 atom stereocenters. The van der Waals surface area contributed by atoms with E-state index in [0.29, 0.717) is 18.7 Å². The summed E-state index contributed by atoms with van der Waals surface area (Å²) in [4.78, 5) is 0.165. The fourth-order valence-corrected chi connectivity index (χ4v) is 3.97. The second-order valence-electron chi connectivity index (χ2n) is 4.68. The zero-order chi connectivity index (χ0) is 13.3. The van der Waals surface area contributed by atoms with E-state index in [1.807, 2.05) is 0 Å². The van der Waals surface area contributed by atoms with Crippen LogP contribution in [0.1, 0.15) is 18.4 Å². The van der Waals surface area contributed by atoms with Gasteiger partial charge in [-0.05, 0) is 43.5 Å². The number of nitrogens with zero attached hydrogens (tertiary/aromatic N) is 1. The molecular weight excluding hydrogens is 291 g/mol. The van der Waals surface area contributed by atoms with Crippen LogP contribution in [-0.4, -0.2) is 31.9 Å². The summed E-state index contributed by atoms with van der Waals surface area (Å²) >= 11 is 0. The van der Waals surface area contributed by atoms with Gasteiger partial charge in [0, 0.05) is 19.1 Å². The molecule has 1 unspecified atom stereocenters. The highest BCUT2D eigenvalue weighted by Gasteiger charge is 2.29. The van der Waals surface area contributed by atoms with Crippen molar-refractivity contribution in [3.8, 4) is 0 Å². The molecule has 19 heavy (non-hydrogen) atoms. The Hall–Kier alpha value is -0.690. The maximum atomic E-state index is 13.0. The van der Waals surface area contributed by atoms with Crippen molar-refractivity contribution < 1.29 is 12.8 Å². The number of aryl methyl sites for hydroxylation is 1. The summed E-state index contributed by atoms with van der Waals surface area (Å²) in [7, 11) is -3.56. The van der Waals surface area contributed by atoms with E-state index in [4.69, 9.17) is 5.73 Å². The lowest BCUT2D eigenvalue weighted by atomic mass is 10.1. The first kappa shape index (κ1) is 16.4. The third-order valence-corrected chi connectivity index (χ3v) is 5.20. The molecular formula is C12H18ClFN2O2S. The molecule has 0 radical (unpaired) electrons. The smallest absolute Gasteiger partial charge is 0.243 e. The van der Waals surface area contributed by atoms with Gasteiger partial charge in [0.2, 0.25) is 10.0 Å². The Morgan fingerprint density at radius 3 is 2.68 bits per heavy atom. The topological polar surface area (TPSA) is 63.4 Å². The summed E-state index contributed by atoms with van der Waals surface area (Å²) in [5.41, 5.74) is 6.22. The largest absolute Gasteiger partial charge is 0.327 e. The summed E-state index contributed by atoms with van der Waals surface area (Å²) < 4.78 is 39.2. The Bertz CT molecular complexity index is 551. The van der Waals surface area contributed by atoms with E-state index in [9.17, 15) is 12.8 Å². The summed E-state index contributed by atoms with van der Waals surface area (Å²) in [5, 5.41) is 0. The highest BCUT2D eigenvalue weighted by Crippen LogP contribution is 2.23. The molecule has 1 aromatic carbocycles. The Morgan fingerprint density at radius 2 is 2.11 bits per heavy atom. The van der Waals surface area contributed by atoms with Crippen LogP contribution in [0.4, 0.5) is 4.39 Å². The van der Waals surface area contributed by atoms with E-state index in [-0.39, 0.29) is 23.3 Å². The fourth-order valence-electron chi connectivity index (χ4n) is 2.23. The molecule has 1 aliphatic heterocycles. The number of nitrogens with two attached hydrogens (primary N) is 1. The number of hydrogen-bond donors (Lipinski definition) is 1. The van der Waals surface area contributed by atoms with Crippen LogP contribution in [-0.2, 0) is 10.0 Å². The van der Waals surface area contributed by atoms with Crippen molar-refractivity contribution >= 4 is 22.4 Å². The van der Waals surface area contributed by atoms with Crippen LogP contribution in [0, 0.1) is 12.7 Å². The Labute approximate surface area is 119 Å². The van der Waals surface area contributed by atoms with Crippen LogP contribution >= 0.6 is 12.4 Å². The van der Waals surface area contributed by atoms with Gasteiger partial charge in [-0.3, -0.25) is 0 Å². The van der Waals surface area contributed by atoms with Gasteiger partial charge < -0.3 is 5.73 Å². The van der Waals surface area contributed by atoms with Crippen molar-refractivity contribution in [3.05, 3.63) is 29.6 Å². The standard InChI is InChI=1S/C12H17FN2O2S.ClH/c1-9-7-10(13)4-5-12(9)18(16,17)15-6-2-3-11(14)8-15;/h4-5,7,11H,2-3,6,8,14H2,1H3;1H. The zero-order valence-corrected chi connectivity index (χ0v) is 12.3. The molecule has 1 heterocycles. The first-order valence-electron chi connectivity index (χ1n) is 5.93. The molecule has 0 aliphatic carbocycles. The van der Waals surface area contributed by atoms with Gasteiger partial charge in [-0.1, -0.05) is 0 Å². The number of sulfonamides is 1.